The fraction of sp³-hybridized carbons (Fsp3) is 0.333. The molecule has 1 aliphatic carbocycles. The van der Waals surface area contributed by atoms with Gasteiger partial charge >= 0.3 is 11.8 Å². The molecule has 1 saturated carbocycles. The molecule has 2 amide bonds. The van der Waals surface area contributed by atoms with Gasteiger partial charge < -0.3 is 20.7 Å². The van der Waals surface area contributed by atoms with E-state index in [4.69, 9.17) is 0 Å². The Balaban J connectivity index is 1.58. The van der Waals surface area contributed by atoms with Gasteiger partial charge in [0, 0.05) is 29.3 Å². The maximum absolute atomic E-state index is 11.8. The predicted octanol–water partition coefficient (Wildman–Crippen LogP) is 1.14. The van der Waals surface area contributed by atoms with Gasteiger partial charge in [0.15, 0.2) is 0 Å². The second-order valence-corrected chi connectivity index (χ2v) is 5.49. The van der Waals surface area contributed by atoms with Gasteiger partial charge in [-0.25, -0.2) is 0 Å². The summed E-state index contributed by atoms with van der Waals surface area (Å²) < 4.78 is 0. The van der Waals surface area contributed by atoms with Crippen LogP contribution in [0.1, 0.15) is 19.3 Å². The third-order valence-corrected chi connectivity index (χ3v) is 3.88. The lowest BCUT2D eigenvalue weighted by atomic mass is 9.80. The van der Waals surface area contributed by atoms with Gasteiger partial charge in [0.2, 0.25) is 0 Å². The Kier molecular flexibility index (Phi) is 3.39. The van der Waals surface area contributed by atoms with Crippen LogP contribution >= 0.6 is 0 Å². The summed E-state index contributed by atoms with van der Waals surface area (Å²) in [6.45, 7) is 0.121. The van der Waals surface area contributed by atoms with Crippen molar-refractivity contribution in [2.24, 2.45) is 0 Å². The summed E-state index contributed by atoms with van der Waals surface area (Å²) in [5, 5.41) is 15.9. The van der Waals surface area contributed by atoms with Crippen LogP contribution in [0.15, 0.2) is 30.5 Å². The molecule has 1 heterocycles. The lowest BCUT2D eigenvalue weighted by Gasteiger charge is -2.36. The van der Waals surface area contributed by atoms with Gasteiger partial charge in [-0.3, -0.25) is 9.59 Å². The van der Waals surface area contributed by atoms with Crippen molar-refractivity contribution in [1.82, 2.24) is 10.3 Å². The number of carbonyl (C=O) groups is 2. The quantitative estimate of drug-likeness (QED) is 0.638. The van der Waals surface area contributed by atoms with Crippen LogP contribution in [0.2, 0.25) is 0 Å². The molecule has 0 atom stereocenters. The maximum Gasteiger partial charge on any atom is 0.313 e. The largest absolute Gasteiger partial charge is 0.388 e. The first kappa shape index (κ1) is 13.6. The van der Waals surface area contributed by atoms with Gasteiger partial charge in [-0.2, -0.15) is 0 Å². The van der Waals surface area contributed by atoms with Crippen molar-refractivity contribution in [3.05, 3.63) is 30.5 Å². The average molecular weight is 287 g/mol. The molecule has 0 aliphatic heterocycles. The fourth-order valence-corrected chi connectivity index (χ4v) is 2.41. The summed E-state index contributed by atoms with van der Waals surface area (Å²) in [5.74, 6) is -1.46. The molecule has 0 spiro atoms. The van der Waals surface area contributed by atoms with Gasteiger partial charge in [-0.1, -0.05) is 0 Å². The molecular weight excluding hydrogens is 270 g/mol. The third-order valence-electron chi connectivity index (χ3n) is 3.88. The molecule has 21 heavy (non-hydrogen) atoms. The van der Waals surface area contributed by atoms with Crippen LogP contribution in [0.4, 0.5) is 5.69 Å². The predicted molar refractivity (Wildman–Crippen MR) is 78.7 cm³/mol. The van der Waals surface area contributed by atoms with E-state index in [1.54, 1.807) is 12.1 Å². The third kappa shape index (κ3) is 2.90. The SMILES string of the molecule is O=C(NCC1(O)CCC1)C(=O)Nc1ccc2[nH]ccc2c1. The molecule has 6 heteroatoms. The van der Waals surface area contributed by atoms with Gasteiger partial charge in [0.25, 0.3) is 0 Å². The highest BCUT2D eigenvalue weighted by Gasteiger charge is 2.35. The summed E-state index contributed by atoms with van der Waals surface area (Å²) >= 11 is 0. The molecule has 1 fully saturated rings. The fourth-order valence-electron chi connectivity index (χ4n) is 2.41. The molecule has 0 saturated heterocycles. The first-order valence-electron chi connectivity index (χ1n) is 6.94. The number of benzene rings is 1. The van der Waals surface area contributed by atoms with Crippen molar-refractivity contribution in [3.63, 3.8) is 0 Å². The zero-order valence-electron chi connectivity index (χ0n) is 11.5. The number of amides is 2. The molecule has 0 unspecified atom stereocenters. The van der Waals surface area contributed by atoms with E-state index < -0.39 is 17.4 Å². The highest BCUT2D eigenvalue weighted by Crippen LogP contribution is 2.30. The molecule has 1 aromatic carbocycles. The number of hydrogen-bond donors (Lipinski definition) is 4. The second kappa shape index (κ2) is 5.21. The van der Waals surface area contributed by atoms with E-state index in [1.807, 2.05) is 18.3 Å². The Morgan fingerprint density at radius 2 is 2.05 bits per heavy atom. The van der Waals surface area contributed by atoms with E-state index in [-0.39, 0.29) is 6.54 Å². The standard InChI is InChI=1S/C15H17N3O3/c19-13(17-9-15(21)5-1-6-15)14(20)18-11-2-3-12-10(8-11)4-7-16-12/h2-4,7-8,16,21H,1,5-6,9H2,(H,17,19)(H,18,20). The lowest BCUT2D eigenvalue weighted by molar-refractivity contribution is -0.137. The summed E-state index contributed by atoms with van der Waals surface area (Å²) in [5.41, 5.74) is 0.689. The number of nitrogens with one attached hydrogen (secondary N) is 3. The van der Waals surface area contributed by atoms with E-state index >= 15 is 0 Å². The van der Waals surface area contributed by atoms with Crippen LogP contribution < -0.4 is 10.6 Å². The second-order valence-electron chi connectivity index (χ2n) is 5.49. The number of carbonyl (C=O) groups excluding carboxylic acids is 2. The zero-order chi connectivity index (χ0) is 14.9. The van der Waals surface area contributed by atoms with E-state index in [2.05, 4.69) is 15.6 Å². The first-order chi connectivity index (χ1) is 10.1. The number of hydrogen-bond acceptors (Lipinski definition) is 3. The lowest BCUT2D eigenvalue weighted by Crippen LogP contribution is -2.49. The Morgan fingerprint density at radius 1 is 1.24 bits per heavy atom. The highest BCUT2D eigenvalue weighted by atomic mass is 16.3. The van der Waals surface area contributed by atoms with E-state index in [9.17, 15) is 14.7 Å². The highest BCUT2D eigenvalue weighted by molar-refractivity contribution is 6.39. The number of fused-ring (bicyclic) bond motifs is 1. The molecule has 0 bridgehead atoms. The van der Waals surface area contributed by atoms with Crippen LogP contribution in [0, 0.1) is 0 Å². The number of aliphatic hydroxyl groups is 1. The molecule has 1 aliphatic rings. The summed E-state index contributed by atoms with van der Waals surface area (Å²) in [6, 6.07) is 7.23. The van der Waals surface area contributed by atoms with Gasteiger partial charge in [-0.05, 0) is 43.5 Å². The Labute approximate surface area is 121 Å². The van der Waals surface area contributed by atoms with Crippen molar-refractivity contribution in [2.75, 3.05) is 11.9 Å². The molecule has 6 nitrogen and oxygen atoms in total. The van der Waals surface area contributed by atoms with Crippen molar-refractivity contribution < 1.29 is 14.7 Å². The molecule has 1 aromatic heterocycles. The molecule has 2 aromatic rings. The topological polar surface area (TPSA) is 94.2 Å². The van der Waals surface area contributed by atoms with Crippen molar-refractivity contribution in [1.29, 1.82) is 0 Å². The van der Waals surface area contributed by atoms with Crippen LogP contribution in [0.5, 0.6) is 0 Å². The van der Waals surface area contributed by atoms with E-state index in [0.717, 1.165) is 17.3 Å². The molecule has 110 valence electrons. The normalized spacial score (nSPS) is 16.2. The molecule has 0 radical (unpaired) electrons. The van der Waals surface area contributed by atoms with E-state index in [1.165, 1.54) is 0 Å². The Hall–Kier alpha value is -2.34. The zero-order valence-corrected chi connectivity index (χ0v) is 11.5. The summed E-state index contributed by atoms with van der Waals surface area (Å²) in [4.78, 5) is 26.6. The van der Waals surface area contributed by atoms with Gasteiger partial charge in [0.1, 0.15) is 0 Å². The van der Waals surface area contributed by atoms with Crippen molar-refractivity contribution >= 4 is 28.4 Å². The number of aromatic nitrogens is 1. The summed E-state index contributed by atoms with van der Waals surface area (Å²) in [7, 11) is 0. The molecule has 3 rings (SSSR count). The van der Waals surface area contributed by atoms with Crippen LogP contribution in [-0.2, 0) is 9.59 Å². The summed E-state index contributed by atoms with van der Waals surface area (Å²) in [6.07, 6.45) is 4.09. The molecular formula is C15H17N3O3. The van der Waals surface area contributed by atoms with Crippen molar-refractivity contribution in [2.45, 2.75) is 24.9 Å². The molecule has 4 N–H and O–H groups in total. The van der Waals surface area contributed by atoms with Gasteiger partial charge in [0.05, 0.1) is 5.60 Å². The Morgan fingerprint density at radius 3 is 2.76 bits per heavy atom. The van der Waals surface area contributed by atoms with E-state index in [0.29, 0.717) is 18.5 Å². The maximum atomic E-state index is 11.8. The monoisotopic (exact) mass is 287 g/mol. The number of rotatable bonds is 3. The minimum Gasteiger partial charge on any atom is -0.388 e. The van der Waals surface area contributed by atoms with Crippen LogP contribution in [0.3, 0.4) is 0 Å². The smallest absolute Gasteiger partial charge is 0.313 e. The van der Waals surface area contributed by atoms with Gasteiger partial charge in [-0.15, -0.1) is 0 Å². The van der Waals surface area contributed by atoms with Crippen molar-refractivity contribution in [3.8, 4) is 0 Å². The minimum atomic E-state index is -0.833. The minimum absolute atomic E-state index is 0.121. The number of H-pyrrole nitrogens is 1. The average Bonchev–Trinajstić information content (AvgIpc) is 2.90. The Bertz CT molecular complexity index is 688. The number of aromatic amines is 1. The first-order valence-corrected chi connectivity index (χ1v) is 6.94. The van der Waals surface area contributed by atoms with Crippen LogP contribution in [0.25, 0.3) is 10.9 Å². The van der Waals surface area contributed by atoms with Crippen LogP contribution in [-0.4, -0.2) is 34.1 Å². The number of anilines is 1.